The molecule has 1 aliphatic rings. The maximum Gasteiger partial charge on any atom is 0.319 e. The zero-order chi connectivity index (χ0) is 28.4. The van der Waals surface area contributed by atoms with E-state index in [0.717, 1.165) is 29.9 Å². The molecule has 0 unspecified atom stereocenters. The molecule has 0 radical (unpaired) electrons. The minimum Gasteiger partial charge on any atom is -0.328 e. The number of carbonyl (C=O) groups excluding carboxylic acids is 2. The number of hydrogen-bond acceptors (Lipinski definition) is 4. The van der Waals surface area contributed by atoms with Crippen LogP contribution < -0.4 is 10.6 Å². The number of sulfone groups is 1. The first-order valence-electron chi connectivity index (χ1n) is 14.3. The molecule has 2 amide bonds. The average molecular weight is 561 g/mol. The third-order valence-electron chi connectivity index (χ3n) is 7.69. The zero-order valence-corrected chi connectivity index (χ0v) is 24.1. The van der Waals surface area contributed by atoms with Gasteiger partial charge in [0.1, 0.15) is 0 Å². The number of ketones is 1. The smallest absolute Gasteiger partial charge is 0.319 e. The molecule has 3 aromatic rings. The Kier molecular flexibility index (Phi) is 10.5. The SMILES string of the molecule is Cc1ccc(S(=O)(=O)Cc2ccc(NC(=O)N[C@H](Cc3ccccc3)C(=O)CCCC3CCCCC3)cc2)cc1. The summed E-state index contributed by atoms with van der Waals surface area (Å²) < 4.78 is 25.5. The van der Waals surface area contributed by atoms with Crippen molar-refractivity contribution in [1.29, 1.82) is 0 Å². The van der Waals surface area contributed by atoms with Crippen LogP contribution in [0.1, 0.15) is 68.1 Å². The van der Waals surface area contributed by atoms with E-state index in [1.54, 1.807) is 48.5 Å². The van der Waals surface area contributed by atoms with E-state index in [2.05, 4.69) is 10.6 Å². The molecule has 40 heavy (non-hydrogen) atoms. The van der Waals surface area contributed by atoms with Crippen LogP contribution in [0.4, 0.5) is 10.5 Å². The van der Waals surface area contributed by atoms with Gasteiger partial charge in [0.2, 0.25) is 0 Å². The summed E-state index contributed by atoms with van der Waals surface area (Å²) in [6, 6.07) is 22.2. The maximum atomic E-state index is 13.2. The van der Waals surface area contributed by atoms with Gasteiger partial charge in [0.05, 0.1) is 16.7 Å². The number of anilines is 1. The number of nitrogens with one attached hydrogen (secondary N) is 2. The largest absolute Gasteiger partial charge is 0.328 e. The van der Waals surface area contributed by atoms with Crippen molar-refractivity contribution < 1.29 is 18.0 Å². The molecule has 0 bridgehead atoms. The second-order valence-electron chi connectivity index (χ2n) is 11.0. The molecular formula is C33H40N2O4S. The molecular weight excluding hydrogens is 520 g/mol. The van der Waals surface area contributed by atoms with Crippen LogP contribution in [0.3, 0.4) is 0 Å². The number of benzene rings is 3. The highest BCUT2D eigenvalue weighted by Gasteiger charge is 2.22. The van der Waals surface area contributed by atoms with E-state index in [1.165, 1.54) is 32.1 Å². The third-order valence-corrected chi connectivity index (χ3v) is 9.39. The second kappa shape index (κ2) is 14.3. The first-order valence-corrected chi connectivity index (χ1v) is 16.0. The fraction of sp³-hybridized carbons (Fsp3) is 0.394. The Hall–Kier alpha value is -3.45. The van der Waals surface area contributed by atoms with Gasteiger partial charge in [-0.3, -0.25) is 4.79 Å². The maximum absolute atomic E-state index is 13.2. The van der Waals surface area contributed by atoms with E-state index in [-0.39, 0.29) is 16.4 Å². The van der Waals surface area contributed by atoms with E-state index >= 15 is 0 Å². The summed E-state index contributed by atoms with van der Waals surface area (Å²) in [5, 5.41) is 5.68. The lowest BCUT2D eigenvalue weighted by Crippen LogP contribution is -2.44. The van der Waals surface area contributed by atoms with Crippen LogP contribution in [0, 0.1) is 12.8 Å². The lowest BCUT2D eigenvalue weighted by Gasteiger charge is -2.22. The van der Waals surface area contributed by atoms with Crippen molar-refractivity contribution in [3.8, 4) is 0 Å². The summed E-state index contributed by atoms with van der Waals surface area (Å²) >= 11 is 0. The van der Waals surface area contributed by atoms with E-state index < -0.39 is 21.9 Å². The number of urea groups is 1. The van der Waals surface area contributed by atoms with Gasteiger partial charge < -0.3 is 10.6 Å². The molecule has 1 aliphatic carbocycles. The second-order valence-corrected chi connectivity index (χ2v) is 13.0. The van der Waals surface area contributed by atoms with Crippen LogP contribution in [-0.4, -0.2) is 26.3 Å². The number of aryl methyl sites for hydroxylation is 1. The van der Waals surface area contributed by atoms with E-state index in [4.69, 9.17) is 0 Å². The predicted molar refractivity (Wildman–Crippen MR) is 160 cm³/mol. The first-order chi connectivity index (χ1) is 19.3. The standard InChI is InChI=1S/C33H40N2O4S/c1-25-15-21-30(22-16-25)40(38,39)24-28-17-19-29(20-18-28)34-33(37)35-31(23-27-11-6-3-7-12-27)32(36)14-8-13-26-9-4-2-5-10-26/h3,6-7,11-12,15-22,26,31H,2,4-5,8-10,13-14,23-24H2,1H3,(H2,34,35,37)/t31-/m1/s1. The van der Waals surface area contributed by atoms with Gasteiger partial charge >= 0.3 is 6.03 Å². The molecule has 1 saturated carbocycles. The van der Waals surface area contributed by atoms with Crippen molar-refractivity contribution in [2.75, 3.05) is 5.32 Å². The molecule has 1 fully saturated rings. The van der Waals surface area contributed by atoms with Crippen LogP contribution in [0.5, 0.6) is 0 Å². The Morgan fingerprint density at radius 1 is 0.850 bits per heavy atom. The molecule has 0 saturated heterocycles. The summed E-state index contributed by atoms with van der Waals surface area (Å²) in [6.45, 7) is 1.91. The van der Waals surface area contributed by atoms with Crippen molar-refractivity contribution >= 4 is 27.3 Å². The number of hydrogen-bond donors (Lipinski definition) is 2. The Morgan fingerprint density at radius 2 is 1.52 bits per heavy atom. The fourth-order valence-corrected chi connectivity index (χ4v) is 6.72. The van der Waals surface area contributed by atoms with Gasteiger partial charge in [-0.25, -0.2) is 13.2 Å². The molecule has 6 nitrogen and oxygen atoms in total. The number of rotatable bonds is 12. The molecule has 1 atom stereocenters. The van der Waals surface area contributed by atoms with Gasteiger partial charge in [0, 0.05) is 12.1 Å². The van der Waals surface area contributed by atoms with Gasteiger partial charge in [0.25, 0.3) is 0 Å². The highest BCUT2D eigenvalue weighted by atomic mass is 32.2. The molecule has 0 heterocycles. The number of carbonyl (C=O) groups is 2. The van der Waals surface area contributed by atoms with Crippen molar-refractivity contribution in [2.45, 2.75) is 81.4 Å². The number of amides is 2. The predicted octanol–water partition coefficient (Wildman–Crippen LogP) is 7.02. The van der Waals surface area contributed by atoms with Gasteiger partial charge in [-0.05, 0) is 61.1 Å². The van der Waals surface area contributed by atoms with Crippen LogP contribution in [-0.2, 0) is 26.8 Å². The Labute approximate surface area is 238 Å². The molecule has 0 spiro atoms. The third kappa shape index (κ3) is 9.05. The Morgan fingerprint density at radius 3 is 2.20 bits per heavy atom. The Balaban J connectivity index is 1.33. The van der Waals surface area contributed by atoms with Crippen LogP contribution >= 0.6 is 0 Å². The van der Waals surface area contributed by atoms with E-state index in [1.807, 2.05) is 37.3 Å². The summed E-state index contributed by atoms with van der Waals surface area (Å²) in [7, 11) is -3.47. The van der Waals surface area contributed by atoms with Gasteiger partial charge in [-0.1, -0.05) is 98.7 Å². The summed E-state index contributed by atoms with van der Waals surface area (Å²) in [5.41, 5.74) is 3.14. The van der Waals surface area contributed by atoms with Crippen LogP contribution in [0.2, 0.25) is 0 Å². The molecule has 4 rings (SSSR count). The molecule has 0 aliphatic heterocycles. The first kappa shape index (κ1) is 29.5. The monoisotopic (exact) mass is 560 g/mol. The van der Waals surface area contributed by atoms with Gasteiger partial charge in [-0.2, -0.15) is 0 Å². The fourth-order valence-electron chi connectivity index (χ4n) is 5.37. The molecule has 212 valence electrons. The zero-order valence-electron chi connectivity index (χ0n) is 23.3. The lowest BCUT2D eigenvalue weighted by atomic mass is 9.85. The minimum atomic E-state index is -3.47. The van der Waals surface area contributed by atoms with Gasteiger partial charge in [0.15, 0.2) is 15.6 Å². The van der Waals surface area contributed by atoms with Crippen molar-refractivity contribution in [2.24, 2.45) is 5.92 Å². The average Bonchev–Trinajstić information content (AvgIpc) is 2.95. The molecule has 3 aromatic carbocycles. The highest BCUT2D eigenvalue weighted by Crippen LogP contribution is 2.28. The molecule has 7 heteroatoms. The quantitative estimate of drug-likeness (QED) is 0.249. The van der Waals surface area contributed by atoms with E-state index in [9.17, 15) is 18.0 Å². The summed E-state index contributed by atoms with van der Waals surface area (Å²) in [4.78, 5) is 26.4. The molecule has 2 N–H and O–H groups in total. The lowest BCUT2D eigenvalue weighted by molar-refractivity contribution is -0.121. The summed E-state index contributed by atoms with van der Waals surface area (Å²) in [6.07, 6.45) is 9.25. The summed E-state index contributed by atoms with van der Waals surface area (Å²) in [5.74, 6) is 0.642. The van der Waals surface area contributed by atoms with Crippen LogP contribution in [0.15, 0.2) is 83.8 Å². The topological polar surface area (TPSA) is 92.3 Å². The highest BCUT2D eigenvalue weighted by molar-refractivity contribution is 7.90. The van der Waals surface area contributed by atoms with Crippen molar-refractivity contribution in [1.82, 2.24) is 5.32 Å². The van der Waals surface area contributed by atoms with Crippen molar-refractivity contribution in [3.05, 3.63) is 95.6 Å². The van der Waals surface area contributed by atoms with Crippen LogP contribution in [0.25, 0.3) is 0 Å². The van der Waals surface area contributed by atoms with Gasteiger partial charge in [-0.15, -0.1) is 0 Å². The Bertz CT molecular complexity index is 1350. The van der Waals surface area contributed by atoms with E-state index in [0.29, 0.717) is 24.1 Å². The normalized spacial score (nSPS) is 14.8. The minimum absolute atomic E-state index is 0.0477. The number of Topliss-reactive ketones (excluding diaryl/α,β-unsaturated/α-hetero) is 1. The van der Waals surface area contributed by atoms with Crippen molar-refractivity contribution in [3.63, 3.8) is 0 Å². The molecule has 0 aromatic heterocycles.